The van der Waals surface area contributed by atoms with Gasteiger partial charge >= 0.3 is 0 Å². The number of amidine groups is 1. The average molecular weight is 314 g/mol. The van der Waals surface area contributed by atoms with E-state index in [2.05, 4.69) is 25.8 Å². The van der Waals surface area contributed by atoms with Crippen molar-refractivity contribution in [1.29, 1.82) is 0 Å². The van der Waals surface area contributed by atoms with Crippen molar-refractivity contribution >= 4 is 43.1 Å². The van der Waals surface area contributed by atoms with Gasteiger partial charge in [0.1, 0.15) is 4.21 Å². The number of halogens is 1. The first-order valence-corrected chi connectivity index (χ1v) is 6.76. The number of rotatable bonds is 4. The van der Waals surface area contributed by atoms with Crippen LogP contribution in [-0.4, -0.2) is 26.0 Å². The molecule has 0 aliphatic carbocycles. The zero-order valence-electron chi connectivity index (χ0n) is 7.34. The van der Waals surface area contributed by atoms with Crippen molar-refractivity contribution < 1.29 is 13.6 Å². The minimum absolute atomic E-state index is 0.167. The van der Waals surface area contributed by atoms with E-state index in [9.17, 15) is 8.42 Å². The number of thiophene rings is 1. The van der Waals surface area contributed by atoms with Gasteiger partial charge in [-0.1, -0.05) is 5.16 Å². The molecule has 1 aromatic heterocycles. The molecule has 0 spiro atoms. The maximum absolute atomic E-state index is 11.6. The summed E-state index contributed by atoms with van der Waals surface area (Å²) >= 11 is 4.23. The summed E-state index contributed by atoms with van der Waals surface area (Å²) in [7, 11) is -3.58. The van der Waals surface area contributed by atoms with Crippen molar-refractivity contribution in [3.8, 4) is 0 Å². The van der Waals surface area contributed by atoms with Crippen molar-refractivity contribution in [3.05, 3.63) is 15.9 Å². The van der Waals surface area contributed by atoms with Gasteiger partial charge in [-0.3, -0.25) is 0 Å². The van der Waals surface area contributed by atoms with E-state index >= 15 is 0 Å². The molecular formula is C6H8BrN3O3S2. The van der Waals surface area contributed by atoms with Crippen LogP contribution in [0.3, 0.4) is 0 Å². The van der Waals surface area contributed by atoms with E-state index < -0.39 is 10.0 Å². The third-order valence-corrected chi connectivity index (χ3v) is 4.90. The molecule has 1 heterocycles. The van der Waals surface area contributed by atoms with Crippen molar-refractivity contribution in [3.63, 3.8) is 0 Å². The van der Waals surface area contributed by atoms with Crippen LogP contribution in [0.15, 0.2) is 25.3 Å². The molecule has 0 saturated heterocycles. The average Bonchev–Trinajstić information content (AvgIpc) is 2.62. The molecule has 15 heavy (non-hydrogen) atoms. The lowest BCUT2D eigenvalue weighted by atomic mass is 10.6. The van der Waals surface area contributed by atoms with Crippen LogP contribution < -0.4 is 10.5 Å². The summed E-state index contributed by atoms with van der Waals surface area (Å²) in [6.45, 7) is -0.228. The Morgan fingerprint density at radius 3 is 2.80 bits per heavy atom. The highest BCUT2D eigenvalue weighted by Gasteiger charge is 2.16. The third-order valence-electron chi connectivity index (χ3n) is 1.39. The van der Waals surface area contributed by atoms with E-state index in [4.69, 9.17) is 10.9 Å². The molecule has 0 radical (unpaired) electrons. The topological polar surface area (TPSA) is 105 Å². The predicted octanol–water partition coefficient (Wildman–Crippen LogP) is 0.535. The van der Waals surface area contributed by atoms with E-state index in [1.807, 2.05) is 0 Å². The van der Waals surface area contributed by atoms with Gasteiger partial charge in [0.25, 0.3) is 0 Å². The Morgan fingerprint density at radius 2 is 2.33 bits per heavy atom. The lowest BCUT2D eigenvalue weighted by Gasteiger charge is -2.02. The standard InChI is InChI=1S/C6H8BrN3O3S2/c7-4-1-2-6(14-4)15(12,13)9-3-5(8)10-11/h1-2,9,11H,3H2,(H2,8,10). The Balaban J connectivity index is 2.77. The molecule has 0 aliphatic rings. The summed E-state index contributed by atoms with van der Waals surface area (Å²) in [5.41, 5.74) is 5.13. The van der Waals surface area contributed by atoms with Gasteiger partial charge in [0.05, 0.1) is 10.3 Å². The molecule has 0 saturated carbocycles. The smallest absolute Gasteiger partial charge is 0.250 e. The molecule has 0 aliphatic heterocycles. The molecule has 4 N–H and O–H groups in total. The van der Waals surface area contributed by atoms with Crippen LogP contribution in [0.1, 0.15) is 0 Å². The van der Waals surface area contributed by atoms with Crippen LogP contribution in [0.2, 0.25) is 0 Å². The summed E-state index contributed by atoms with van der Waals surface area (Å²) < 4.78 is 26.2. The van der Waals surface area contributed by atoms with Crippen LogP contribution in [0.5, 0.6) is 0 Å². The molecule has 0 unspecified atom stereocenters. The normalized spacial score (nSPS) is 13.0. The number of hydrogen-bond donors (Lipinski definition) is 3. The zero-order chi connectivity index (χ0) is 11.5. The summed E-state index contributed by atoms with van der Waals surface area (Å²) in [6, 6.07) is 3.09. The Kier molecular flexibility index (Phi) is 4.08. The fourth-order valence-corrected chi connectivity index (χ4v) is 3.77. The van der Waals surface area contributed by atoms with Crippen molar-refractivity contribution in [2.75, 3.05) is 6.54 Å². The summed E-state index contributed by atoms with van der Waals surface area (Å²) in [5, 5.41) is 10.9. The first-order chi connectivity index (χ1) is 6.95. The lowest BCUT2D eigenvalue weighted by Crippen LogP contribution is -2.33. The summed E-state index contributed by atoms with van der Waals surface area (Å²) in [5.74, 6) is -0.200. The molecule has 1 rings (SSSR count). The Morgan fingerprint density at radius 1 is 1.67 bits per heavy atom. The van der Waals surface area contributed by atoms with Gasteiger partial charge in [0.2, 0.25) is 10.0 Å². The lowest BCUT2D eigenvalue weighted by molar-refractivity contribution is 0.317. The van der Waals surface area contributed by atoms with Gasteiger partial charge in [-0.15, -0.1) is 11.3 Å². The second-order valence-corrected chi connectivity index (χ2v) is 6.93. The van der Waals surface area contributed by atoms with Gasteiger partial charge in [0, 0.05) is 0 Å². The molecule has 0 atom stereocenters. The zero-order valence-corrected chi connectivity index (χ0v) is 10.6. The first kappa shape index (κ1) is 12.4. The fourth-order valence-electron chi connectivity index (χ4n) is 0.718. The van der Waals surface area contributed by atoms with E-state index in [1.165, 1.54) is 6.07 Å². The quantitative estimate of drug-likeness (QED) is 0.326. The molecule has 84 valence electrons. The number of nitrogens with zero attached hydrogens (tertiary/aromatic N) is 1. The van der Waals surface area contributed by atoms with E-state index in [-0.39, 0.29) is 16.6 Å². The predicted molar refractivity (Wildman–Crippen MR) is 60.6 cm³/mol. The minimum Gasteiger partial charge on any atom is -0.409 e. The molecule has 0 aromatic carbocycles. The first-order valence-electron chi connectivity index (χ1n) is 3.67. The summed E-state index contributed by atoms with van der Waals surface area (Å²) in [4.78, 5) is 0. The van der Waals surface area contributed by atoms with Crippen molar-refractivity contribution in [1.82, 2.24) is 4.72 Å². The maximum Gasteiger partial charge on any atom is 0.250 e. The monoisotopic (exact) mass is 313 g/mol. The Labute approximate surface area is 99.0 Å². The van der Waals surface area contributed by atoms with Crippen LogP contribution >= 0.6 is 27.3 Å². The Bertz CT molecular complexity index is 468. The fraction of sp³-hybridized carbons (Fsp3) is 0.167. The number of nitrogens with one attached hydrogen (secondary N) is 1. The van der Waals surface area contributed by atoms with Gasteiger partial charge in [-0.05, 0) is 28.1 Å². The number of oxime groups is 1. The van der Waals surface area contributed by atoms with Crippen LogP contribution in [0.4, 0.5) is 0 Å². The number of hydrogen-bond acceptors (Lipinski definition) is 5. The Hall–Kier alpha value is -0.640. The van der Waals surface area contributed by atoms with Gasteiger partial charge in [-0.25, -0.2) is 13.1 Å². The highest BCUT2D eigenvalue weighted by Crippen LogP contribution is 2.25. The molecule has 6 nitrogen and oxygen atoms in total. The van der Waals surface area contributed by atoms with Crippen LogP contribution in [0, 0.1) is 0 Å². The minimum atomic E-state index is -3.58. The highest BCUT2D eigenvalue weighted by atomic mass is 79.9. The van der Waals surface area contributed by atoms with Crippen molar-refractivity contribution in [2.45, 2.75) is 4.21 Å². The van der Waals surface area contributed by atoms with E-state index in [0.29, 0.717) is 3.79 Å². The molecule has 0 bridgehead atoms. The van der Waals surface area contributed by atoms with Crippen molar-refractivity contribution in [2.24, 2.45) is 10.9 Å². The van der Waals surface area contributed by atoms with Crippen LogP contribution in [-0.2, 0) is 10.0 Å². The molecule has 0 fully saturated rings. The van der Waals surface area contributed by atoms with Crippen LogP contribution in [0.25, 0.3) is 0 Å². The highest BCUT2D eigenvalue weighted by molar-refractivity contribution is 9.11. The van der Waals surface area contributed by atoms with Gasteiger partial charge in [0.15, 0.2) is 5.84 Å². The number of nitrogens with two attached hydrogens (primary N) is 1. The van der Waals surface area contributed by atoms with Gasteiger partial charge in [-0.2, -0.15) is 0 Å². The molecule has 1 aromatic rings. The maximum atomic E-state index is 11.6. The number of sulfonamides is 1. The van der Waals surface area contributed by atoms with E-state index in [0.717, 1.165) is 11.3 Å². The molecule has 9 heteroatoms. The largest absolute Gasteiger partial charge is 0.409 e. The van der Waals surface area contributed by atoms with Gasteiger partial charge < -0.3 is 10.9 Å². The SMILES string of the molecule is N/C(CNS(=O)(=O)c1ccc(Br)s1)=N\O. The summed E-state index contributed by atoms with van der Waals surface area (Å²) in [6.07, 6.45) is 0. The second-order valence-electron chi connectivity index (χ2n) is 2.47. The molecular weight excluding hydrogens is 306 g/mol. The van der Waals surface area contributed by atoms with E-state index in [1.54, 1.807) is 6.07 Å². The molecule has 0 amide bonds. The third kappa shape index (κ3) is 3.45. The second kappa shape index (κ2) is 4.92.